The molecule has 1 heterocycles. The molecule has 1 fully saturated rings. The van der Waals surface area contributed by atoms with E-state index in [0.29, 0.717) is 0 Å². The summed E-state index contributed by atoms with van der Waals surface area (Å²) < 4.78 is 6.63. The van der Waals surface area contributed by atoms with Gasteiger partial charge in [0, 0.05) is 10.2 Å². The largest absolute Gasteiger partial charge is 0.365 e. The van der Waals surface area contributed by atoms with Crippen molar-refractivity contribution in [1.82, 2.24) is 0 Å². The molecular weight excluding hydrogens is 318 g/mol. The minimum absolute atomic E-state index is 0.0502. The Balaban J connectivity index is 1.77. The second-order valence-electron chi connectivity index (χ2n) is 5.21. The number of halogens is 1. The Kier molecular flexibility index (Phi) is 3.76. The standard InChI is InChI=1S/C16H16BrNO2/c1-10-2-7-15(20-10)16(19)18-14-6-4-11-8-13(17)5-3-12(11)9-14/h3-6,8-10,15H,2,7H2,1H3,(H,18,19). The number of hydrogen-bond donors (Lipinski definition) is 1. The van der Waals surface area contributed by atoms with Crippen LogP contribution in [0.4, 0.5) is 5.69 Å². The van der Waals surface area contributed by atoms with E-state index >= 15 is 0 Å². The molecule has 1 amide bonds. The first-order chi connectivity index (χ1) is 9.61. The van der Waals surface area contributed by atoms with Crippen molar-refractivity contribution in [1.29, 1.82) is 0 Å². The third kappa shape index (κ3) is 2.86. The van der Waals surface area contributed by atoms with Crippen molar-refractivity contribution >= 4 is 38.3 Å². The lowest BCUT2D eigenvalue weighted by molar-refractivity contribution is -0.126. The van der Waals surface area contributed by atoms with Gasteiger partial charge in [0.2, 0.25) is 0 Å². The van der Waals surface area contributed by atoms with E-state index in [9.17, 15) is 4.79 Å². The van der Waals surface area contributed by atoms with Gasteiger partial charge in [0.1, 0.15) is 6.10 Å². The molecule has 1 saturated heterocycles. The summed E-state index contributed by atoms with van der Waals surface area (Å²) in [5.74, 6) is -0.0502. The monoisotopic (exact) mass is 333 g/mol. The number of benzene rings is 2. The van der Waals surface area contributed by atoms with Crippen molar-refractivity contribution in [3.05, 3.63) is 40.9 Å². The van der Waals surface area contributed by atoms with Gasteiger partial charge in [-0.2, -0.15) is 0 Å². The second kappa shape index (κ2) is 5.54. The summed E-state index contributed by atoms with van der Waals surface area (Å²) in [6.45, 7) is 2.00. The highest BCUT2D eigenvalue weighted by molar-refractivity contribution is 9.10. The Morgan fingerprint density at radius 1 is 1.20 bits per heavy atom. The van der Waals surface area contributed by atoms with Gasteiger partial charge in [-0.3, -0.25) is 4.79 Å². The number of amides is 1. The number of nitrogens with one attached hydrogen (secondary N) is 1. The number of fused-ring (bicyclic) bond motifs is 1. The van der Waals surface area contributed by atoms with Crippen LogP contribution >= 0.6 is 15.9 Å². The highest BCUT2D eigenvalue weighted by atomic mass is 79.9. The minimum Gasteiger partial charge on any atom is -0.365 e. The number of anilines is 1. The van der Waals surface area contributed by atoms with E-state index in [-0.39, 0.29) is 18.1 Å². The Labute approximate surface area is 126 Å². The van der Waals surface area contributed by atoms with Crippen molar-refractivity contribution < 1.29 is 9.53 Å². The normalized spacial score (nSPS) is 22.1. The number of ether oxygens (including phenoxy) is 1. The Bertz CT molecular complexity index is 656. The third-order valence-electron chi connectivity index (χ3n) is 3.59. The zero-order valence-electron chi connectivity index (χ0n) is 11.2. The number of carbonyl (C=O) groups excluding carboxylic acids is 1. The molecule has 2 unspecified atom stereocenters. The maximum absolute atomic E-state index is 12.1. The lowest BCUT2D eigenvalue weighted by Crippen LogP contribution is -2.27. The number of carbonyl (C=O) groups is 1. The fraction of sp³-hybridized carbons (Fsp3) is 0.312. The SMILES string of the molecule is CC1CCC(C(=O)Nc2ccc3cc(Br)ccc3c2)O1. The zero-order valence-corrected chi connectivity index (χ0v) is 12.8. The second-order valence-corrected chi connectivity index (χ2v) is 6.12. The van der Waals surface area contributed by atoms with E-state index in [1.54, 1.807) is 0 Å². The van der Waals surface area contributed by atoms with Gasteiger partial charge >= 0.3 is 0 Å². The molecule has 0 spiro atoms. The van der Waals surface area contributed by atoms with Crippen LogP contribution in [0, 0.1) is 0 Å². The molecule has 3 rings (SSSR count). The molecule has 4 heteroatoms. The fourth-order valence-corrected chi connectivity index (χ4v) is 2.89. The van der Waals surface area contributed by atoms with Crippen molar-refractivity contribution in [2.24, 2.45) is 0 Å². The molecule has 2 aromatic rings. The summed E-state index contributed by atoms with van der Waals surface area (Å²) >= 11 is 3.46. The lowest BCUT2D eigenvalue weighted by Gasteiger charge is -2.12. The minimum atomic E-state index is -0.314. The highest BCUT2D eigenvalue weighted by Crippen LogP contribution is 2.24. The van der Waals surface area contributed by atoms with Crippen molar-refractivity contribution in [2.45, 2.75) is 32.0 Å². The van der Waals surface area contributed by atoms with Gasteiger partial charge in [0.05, 0.1) is 6.10 Å². The highest BCUT2D eigenvalue weighted by Gasteiger charge is 2.28. The zero-order chi connectivity index (χ0) is 14.1. The quantitative estimate of drug-likeness (QED) is 0.898. The van der Waals surface area contributed by atoms with Crippen LogP contribution in [-0.2, 0) is 9.53 Å². The molecule has 0 radical (unpaired) electrons. The molecule has 1 N–H and O–H groups in total. The summed E-state index contributed by atoms with van der Waals surface area (Å²) in [5, 5.41) is 5.18. The van der Waals surface area contributed by atoms with Crippen molar-refractivity contribution in [3.8, 4) is 0 Å². The molecule has 0 saturated carbocycles. The first-order valence-corrected chi connectivity index (χ1v) is 7.57. The van der Waals surface area contributed by atoms with E-state index in [1.165, 1.54) is 0 Å². The predicted molar refractivity (Wildman–Crippen MR) is 83.8 cm³/mol. The van der Waals surface area contributed by atoms with E-state index in [2.05, 4.69) is 27.3 Å². The molecule has 3 nitrogen and oxygen atoms in total. The van der Waals surface area contributed by atoms with Gasteiger partial charge in [-0.1, -0.05) is 28.1 Å². The molecule has 20 heavy (non-hydrogen) atoms. The molecular formula is C16H16BrNO2. The Morgan fingerprint density at radius 3 is 2.70 bits per heavy atom. The summed E-state index contributed by atoms with van der Waals surface area (Å²) in [6, 6.07) is 12.0. The maximum atomic E-state index is 12.1. The van der Waals surface area contributed by atoms with E-state index < -0.39 is 0 Å². The Morgan fingerprint density at radius 2 is 1.95 bits per heavy atom. The van der Waals surface area contributed by atoms with Gasteiger partial charge in [-0.25, -0.2) is 0 Å². The van der Waals surface area contributed by atoms with Crippen LogP contribution in [0.1, 0.15) is 19.8 Å². The van der Waals surface area contributed by atoms with Crippen LogP contribution in [0.25, 0.3) is 10.8 Å². The van der Waals surface area contributed by atoms with Crippen LogP contribution < -0.4 is 5.32 Å². The predicted octanol–water partition coefficient (Wildman–Crippen LogP) is 4.11. The van der Waals surface area contributed by atoms with Gasteiger partial charge in [-0.15, -0.1) is 0 Å². The Hall–Kier alpha value is -1.39. The van der Waals surface area contributed by atoms with Crippen LogP contribution in [-0.4, -0.2) is 18.1 Å². The molecule has 2 atom stereocenters. The average Bonchev–Trinajstić information content (AvgIpc) is 2.86. The summed E-state index contributed by atoms with van der Waals surface area (Å²) in [7, 11) is 0. The molecule has 1 aliphatic heterocycles. The van der Waals surface area contributed by atoms with E-state index in [0.717, 1.165) is 33.8 Å². The summed E-state index contributed by atoms with van der Waals surface area (Å²) in [5.41, 5.74) is 0.813. The van der Waals surface area contributed by atoms with E-state index in [1.807, 2.05) is 37.3 Å². The van der Waals surface area contributed by atoms with Gasteiger partial charge in [0.25, 0.3) is 5.91 Å². The maximum Gasteiger partial charge on any atom is 0.253 e. The van der Waals surface area contributed by atoms with Crippen LogP contribution in [0.2, 0.25) is 0 Å². The third-order valence-corrected chi connectivity index (χ3v) is 4.09. The molecule has 0 aliphatic carbocycles. The molecule has 0 aromatic heterocycles. The van der Waals surface area contributed by atoms with Gasteiger partial charge in [0.15, 0.2) is 0 Å². The number of rotatable bonds is 2. The van der Waals surface area contributed by atoms with E-state index in [4.69, 9.17) is 4.74 Å². The lowest BCUT2D eigenvalue weighted by atomic mass is 10.1. The summed E-state index contributed by atoms with van der Waals surface area (Å²) in [6.07, 6.45) is 1.61. The first-order valence-electron chi connectivity index (χ1n) is 6.77. The van der Waals surface area contributed by atoms with Gasteiger partial charge < -0.3 is 10.1 Å². The first kappa shape index (κ1) is 13.6. The number of hydrogen-bond acceptors (Lipinski definition) is 2. The molecule has 104 valence electrons. The average molecular weight is 334 g/mol. The van der Waals surface area contributed by atoms with Crippen LogP contribution in [0.3, 0.4) is 0 Å². The van der Waals surface area contributed by atoms with Crippen LogP contribution in [0.15, 0.2) is 40.9 Å². The molecule has 2 aromatic carbocycles. The molecule has 1 aliphatic rings. The van der Waals surface area contributed by atoms with Gasteiger partial charge in [-0.05, 0) is 54.8 Å². The summed E-state index contributed by atoms with van der Waals surface area (Å²) in [4.78, 5) is 12.1. The fourth-order valence-electron chi connectivity index (χ4n) is 2.51. The van der Waals surface area contributed by atoms with Crippen LogP contribution in [0.5, 0.6) is 0 Å². The smallest absolute Gasteiger partial charge is 0.253 e. The topological polar surface area (TPSA) is 38.3 Å². The van der Waals surface area contributed by atoms with Crippen molar-refractivity contribution in [2.75, 3.05) is 5.32 Å². The molecule has 0 bridgehead atoms. The van der Waals surface area contributed by atoms with Crippen molar-refractivity contribution in [3.63, 3.8) is 0 Å².